The molecule has 0 fully saturated rings. The van der Waals surface area contributed by atoms with E-state index in [1.165, 1.54) is 6.21 Å². The van der Waals surface area contributed by atoms with E-state index in [1.807, 2.05) is 32.9 Å². The first-order valence-corrected chi connectivity index (χ1v) is 4.39. The quantitative estimate of drug-likeness (QED) is 0.369. The standard InChI is InChI=1S/C8H14N2.C2H6/c1-2-3-7-10-8-5-4-6-9;1-2/h2-6,9-10H,7-8H2,1H3;1-2H3/b3-2-,5-4-,9-6?;. The lowest BCUT2D eigenvalue weighted by Crippen LogP contribution is -2.12. The molecule has 0 aliphatic rings. The summed E-state index contributed by atoms with van der Waals surface area (Å²) in [6.45, 7) is 7.73. The van der Waals surface area contributed by atoms with Crippen molar-refractivity contribution in [2.24, 2.45) is 0 Å². The highest BCUT2D eigenvalue weighted by Gasteiger charge is 1.73. The van der Waals surface area contributed by atoms with Crippen LogP contribution < -0.4 is 5.32 Å². The SMILES string of the molecule is C/C=C\CNC/C=C\C=N.CC. The monoisotopic (exact) mass is 168 g/mol. The lowest BCUT2D eigenvalue weighted by atomic mass is 10.4. The number of allylic oxidation sites excluding steroid dienone is 2. The third-order valence-electron chi connectivity index (χ3n) is 0.992. The molecule has 2 N–H and O–H groups in total. The maximum Gasteiger partial charge on any atom is 0.0175 e. The van der Waals surface area contributed by atoms with Crippen LogP contribution in [0.15, 0.2) is 24.3 Å². The highest BCUT2D eigenvalue weighted by atomic mass is 14.8. The molecular weight excluding hydrogens is 148 g/mol. The van der Waals surface area contributed by atoms with Gasteiger partial charge in [0.05, 0.1) is 0 Å². The topological polar surface area (TPSA) is 35.9 Å². The van der Waals surface area contributed by atoms with Crippen molar-refractivity contribution in [1.29, 1.82) is 5.41 Å². The lowest BCUT2D eigenvalue weighted by molar-refractivity contribution is 0.842. The first kappa shape index (κ1) is 13.7. The maximum atomic E-state index is 6.67. The Balaban J connectivity index is 0. The van der Waals surface area contributed by atoms with Gasteiger partial charge in [-0.15, -0.1) is 0 Å². The highest BCUT2D eigenvalue weighted by molar-refractivity contribution is 5.67. The van der Waals surface area contributed by atoms with Crippen molar-refractivity contribution in [3.05, 3.63) is 24.3 Å². The largest absolute Gasteiger partial charge is 0.310 e. The van der Waals surface area contributed by atoms with Crippen molar-refractivity contribution in [1.82, 2.24) is 5.32 Å². The summed E-state index contributed by atoms with van der Waals surface area (Å²) in [7, 11) is 0. The Morgan fingerprint density at radius 1 is 1.17 bits per heavy atom. The molecule has 0 amide bonds. The van der Waals surface area contributed by atoms with Gasteiger partial charge >= 0.3 is 0 Å². The van der Waals surface area contributed by atoms with E-state index in [1.54, 1.807) is 6.08 Å². The molecule has 0 saturated heterocycles. The van der Waals surface area contributed by atoms with E-state index in [9.17, 15) is 0 Å². The predicted molar refractivity (Wildman–Crippen MR) is 57.0 cm³/mol. The zero-order valence-electron chi connectivity index (χ0n) is 8.30. The van der Waals surface area contributed by atoms with Crippen LogP contribution in [0.5, 0.6) is 0 Å². The maximum absolute atomic E-state index is 6.67. The normalized spacial score (nSPS) is 9.92. The minimum Gasteiger partial charge on any atom is -0.310 e. The second-order valence-electron chi connectivity index (χ2n) is 1.82. The molecule has 0 unspecified atom stereocenters. The molecule has 0 aromatic rings. The van der Waals surface area contributed by atoms with Crippen LogP contribution in [0.2, 0.25) is 0 Å². The molecule has 0 aliphatic carbocycles. The van der Waals surface area contributed by atoms with Gasteiger partial charge < -0.3 is 10.7 Å². The molecule has 0 radical (unpaired) electrons. The molecule has 2 heteroatoms. The fraction of sp³-hybridized carbons (Fsp3) is 0.500. The van der Waals surface area contributed by atoms with Crippen LogP contribution in [0.1, 0.15) is 20.8 Å². The zero-order valence-corrected chi connectivity index (χ0v) is 8.30. The molecule has 0 heterocycles. The van der Waals surface area contributed by atoms with E-state index >= 15 is 0 Å². The van der Waals surface area contributed by atoms with E-state index in [0.29, 0.717) is 0 Å². The van der Waals surface area contributed by atoms with Gasteiger partial charge in [0.25, 0.3) is 0 Å². The van der Waals surface area contributed by atoms with Crippen LogP contribution in [0, 0.1) is 5.41 Å². The van der Waals surface area contributed by atoms with Crippen LogP contribution in [-0.2, 0) is 0 Å². The van der Waals surface area contributed by atoms with Gasteiger partial charge in [-0.05, 0) is 13.0 Å². The Morgan fingerprint density at radius 3 is 2.25 bits per heavy atom. The van der Waals surface area contributed by atoms with Crippen LogP contribution in [0.3, 0.4) is 0 Å². The summed E-state index contributed by atoms with van der Waals surface area (Å²) < 4.78 is 0. The Labute approximate surface area is 75.9 Å². The van der Waals surface area contributed by atoms with Crippen molar-refractivity contribution in [3.63, 3.8) is 0 Å². The highest BCUT2D eigenvalue weighted by Crippen LogP contribution is 1.68. The predicted octanol–water partition coefficient (Wildman–Crippen LogP) is 2.38. The molecule has 0 aliphatic heterocycles. The van der Waals surface area contributed by atoms with Gasteiger partial charge in [-0.25, -0.2) is 0 Å². The fourth-order valence-corrected chi connectivity index (χ4v) is 0.504. The number of nitrogens with one attached hydrogen (secondary N) is 2. The average molecular weight is 168 g/mol. The summed E-state index contributed by atoms with van der Waals surface area (Å²) in [5.74, 6) is 0. The van der Waals surface area contributed by atoms with E-state index in [2.05, 4.69) is 11.4 Å². The van der Waals surface area contributed by atoms with Crippen LogP contribution in [-0.4, -0.2) is 19.3 Å². The minimum absolute atomic E-state index is 0.833. The molecular formula is C10H20N2. The summed E-state index contributed by atoms with van der Waals surface area (Å²) in [5.41, 5.74) is 0. The summed E-state index contributed by atoms with van der Waals surface area (Å²) in [5, 5.41) is 9.81. The fourth-order valence-electron chi connectivity index (χ4n) is 0.504. The van der Waals surface area contributed by atoms with E-state index < -0.39 is 0 Å². The minimum atomic E-state index is 0.833. The molecule has 0 spiro atoms. The van der Waals surface area contributed by atoms with Gasteiger partial charge in [-0.1, -0.05) is 32.1 Å². The van der Waals surface area contributed by atoms with Gasteiger partial charge in [-0.3, -0.25) is 0 Å². The van der Waals surface area contributed by atoms with Gasteiger partial charge in [-0.2, -0.15) is 0 Å². The third kappa shape index (κ3) is 16.1. The zero-order chi connectivity index (χ0) is 9.66. The van der Waals surface area contributed by atoms with E-state index in [4.69, 9.17) is 5.41 Å². The van der Waals surface area contributed by atoms with Gasteiger partial charge in [0.1, 0.15) is 0 Å². The van der Waals surface area contributed by atoms with Gasteiger partial charge in [0.15, 0.2) is 0 Å². The lowest BCUT2D eigenvalue weighted by Gasteiger charge is -1.92. The van der Waals surface area contributed by atoms with Crippen molar-refractivity contribution < 1.29 is 0 Å². The van der Waals surface area contributed by atoms with Gasteiger partial charge in [0, 0.05) is 19.3 Å². The second-order valence-corrected chi connectivity index (χ2v) is 1.82. The number of rotatable bonds is 5. The third-order valence-corrected chi connectivity index (χ3v) is 0.992. The summed E-state index contributed by atoms with van der Waals surface area (Å²) in [4.78, 5) is 0. The molecule has 0 aromatic carbocycles. The Kier molecular flexibility index (Phi) is 18.9. The van der Waals surface area contributed by atoms with Crippen molar-refractivity contribution in [2.45, 2.75) is 20.8 Å². The molecule has 2 nitrogen and oxygen atoms in total. The Morgan fingerprint density at radius 2 is 1.75 bits per heavy atom. The van der Waals surface area contributed by atoms with Crippen LogP contribution >= 0.6 is 0 Å². The van der Waals surface area contributed by atoms with Crippen molar-refractivity contribution in [3.8, 4) is 0 Å². The van der Waals surface area contributed by atoms with E-state index in [-0.39, 0.29) is 0 Å². The van der Waals surface area contributed by atoms with Crippen LogP contribution in [0.25, 0.3) is 0 Å². The van der Waals surface area contributed by atoms with E-state index in [0.717, 1.165) is 13.1 Å². The number of hydrogen-bond donors (Lipinski definition) is 2. The smallest absolute Gasteiger partial charge is 0.0175 e. The molecule has 0 saturated carbocycles. The molecule has 12 heavy (non-hydrogen) atoms. The second kappa shape index (κ2) is 16.6. The average Bonchev–Trinajstić information content (AvgIpc) is 2.15. The molecule has 0 rings (SSSR count). The molecule has 0 atom stereocenters. The van der Waals surface area contributed by atoms with Crippen LogP contribution in [0.4, 0.5) is 0 Å². The van der Waals surface area contributed by atoms with Crippen molar-refractivity contribution in [2.75, 3.05) is 13.1 Å². The summed E-state index contributed by atoms with van der Waals surface area (Å²) in [6.07, 6.45) is 8.96. The van der Waals surface area contributed by atoms with Crippen molar-refractivity contribution >= 4 is 6.21 Å². The summed E-state index contributed by atoms with van der Waals surface area (Å²) >= 11 is 0. The summed E-state index contributed by atoms with van der Waals surface area (Å²) in [6, 6.07) is 0. The molecule has 0 aromatic heterocycles. The first-order chi connectivity index (χ1) is 5.91. The molecule has 70 valence electrons. The Bertz CT molecular complexity index is 126. The van der Waals surface area contributed by atoms with Gasteiger partial charge in [0.2, 0.25) is 0 Å². The Hall–Kier alpha value is -0.890. The molecule has 0 bridgehead atoms. The number of hydrogen-bond acceptors (Lipinski definition) is 2. The first-order valence-electron chi connectivity index (χ1n) is 4.39.